The summed E-state index contributed by atoms with van der Waals surface area (Å²) in [5, 5.41) is 0. The Kier molecular flexibility index (Phi) is 2.24. The van der Waals surface area contributed by atoms with E-state index in [4.69, 9.17) is 0 Å². The van der Waals surface area contributed by atoms with Gasteiger partial charge in [-0.2, -0.15) is 0 Å². The van der Waals surface area contributed by atoms with Gasteiger partial charge in [0, 0.05) is 12.0 Å². The molecule has 2 unspecified atom stereocenters. The molecule has 1 fully saturated rings. The van der Waals surface area contributed by atoms with Gasteiger partial charge in [0.05, 0.1) is 0 Å². The predicted molar refractivity (Wildman–Crippen MR) is 45.1 cm³/mol. The first-order chi connectivity index (χ1) is 5.04. The molecule has 11 heavy (non-hydrogen) atoms. The fourth-order valence-electron chi connectivity index (χ4n) is 2.09. The van der Waals surface area contributed by atoms with Crippen molar-refractivity contribution in [3.8, 4) is 0 Å². The smallest absolute Gasteiger partial charge is 0.160 e. The average molecular weight is 159 g/mol. The quantitative estimate of drug-likeness (QED) is 0.559. The van der Waals surface area contributed by atoms with Crippen LogP contribution in [0.5, 0.6) is 0 Å². The summed E-state index contributed by atoms with van der Waals surface area (Å²) in [6, 6.07) is 0. The van der Waals surface area contributed by atoms with E-state index >= 15 is 0 Å². The number of alkyl halides is 1. The molecule has 0 radical (unpaired) electrons. The Morgan fingerprint density at radius 2 is 2.18 bits per heavy atom. The molecule has 1 aliphatic rings. The molecule has 0 aliphatic carbocycles. The second-order valence-electron chi connectivity index (χ2n) is 3.99. The standard InChI is InChI=1S/C9H18FN/c1-5-9(7(2)3)6-11(4)8(9)10/h7-8H,5-6H2,1-4H3. The lowest BCUT2D eigenvalue weighted by Gasteiger charge is -2.54. The Morgan fingerprint density at radius 3 is 2.27 bits per heavy atom. The third kappa shape index (κ3) is 1.08. The van der Waals surface area contributed by atoms with E-state index < -0.39 is 6.30 Å². The average Bonchev–Trinajstić information content (AvgIpc) is 1.98. The zero-order valence-electron chi connectivity index (χ0n) is 7.89. The van der Waals surface area contributed by atoms with Crippen molar-refractivity contribution in [2.75, 3.05) is 13.6 Å². The maximum Gasteiger partial charge on any atom is 0.160 e. The van der Waals surface area contributed by atoms with Crippen LogP contribution in [0.25, 0.3) is 0 Å². The molecule has 0 saturated carbocycles. The molecular formula is C9H18FN. The van der Waals surface area contributed by atoms with Crippen molar-refractivity contribution < 1.29 is 4.39 Å². The highest BCUT2D eigenvalue weighted by atomic mass is 19.1. The van der Waals surface area contributed by atoms with E-state index in [0.717, 1.165) is 13.0 Å². The fourth-order valence-corrected chi connectivity index (χ4v) is 2.09. The van der Waals surface area contributed by atoms with Crippen LogP contribution in [0.4, 0.5) is 4.39 Å². The second kappa shape index (κ2) is 2.74. The Balaban J connectivity index is 2.65. The first kappa shape index (κ1) is 8.98. The van der Waals surface area contributed by atoms with Gasteiger partial charge in [0.2, 0.25) is 0 Å². The zero-order chi connectivity index (χ0) is 8.65. The third-order valence-electron chi connectivity index (χ3n) is 3.21. The van der Waals surface area contributed by atoms with Crippen molar-refractivity contribution in [3.63, 3.8) is 0 Å². The van der Waals surface area contributed by atoms with Crippen LogP contribution in [0.3, 0.4) is 0 Å². The molecule has 2 heteroatoms. The molecule has 0 aromatic heterocycles. The van der Waals surface area contributed by atoms with E-state index in [-0.39, 0.29) is 5.41 Å². The van der Waals surface area contributed by atoms with Gasteiger partial charge < -0.3 is 0 Å². The number of likely N-dealkylation sites (tertiary alicyclic amines) is 1. The van der Waals surface area contributed by atoms with Gasteiger partial charge in [-0.1, -0.05) is 20.8 Å². The van der Waals surface area contributed by atoms with Gasteiger partial charge in [0.25, 0.3) is 0 Å². The highest BCUT2D eigenvalue weighted by molar-refractivity contribution is 4.98. The minimum atomic E-state index is -0.715. The molecule has 0 amide bonds. The Labute approximate surface area is 68.6 Å². The van der Waals surface area contributed by atoms with E-state index in [9.17, 15) is 4.39 Å². The van der Waals surface area contributed by atoms with Gasteiger partial charge in [0.1, 0.15) is 0 Å². The minimum Gasteiger partial charge on any atom is -0.276 e. The van der Waals surface area contributed by atoms with Crippen LogP contribution in [0.2, 0.25) is 0 Å². The summed E-state index contributed by atoms with van der Waals surface area (Å²) in [6.45, 7) is 7.23. The first-order valence-corrected chi connectivity index (χ1v) is 4.39. The number of hydrogen-bond acceptors (Lipinski definition) is 1. The monoisotopic (exact) mass is 159 g/mol. The van der Waals surface area contributed by atoms with Crippen molar-refractivity contribution in [1.82, 2.24) is 4.90 Å². The van der Waals surface area contributed by atoms with E-state index in [1.54, 1.807) is 4.90 Å². The fraction of sp³-hybridized carbons (Fsp3) is 1.00. The molecule has 0 spiro atoms. The number of hydrogen-bond donors (Lipinski definition) is 0. The molecule has 2 atom stereocenters. The molecule has 1 saturated heterocycles. The predicted octanol–water partition coefficient (Wildman–Crippen LogP) is 2.28. The lowest BCUT2D eigenvalue weighted by Crippen LogP contribution is -2.62. The van der Waals surface area contributed by atoms with Gasteiger partial charge in [-0.25, -0.2) is 4.39 Å². The van der Waals surface area contributed by atoms with Crippen LogP contribution in [0, 0.1) is 11.3 Å². The van der Waals surface area contributed by atoms with Gasteiger partial charge in [-0.3, -0.25) is 4.90 Å². The SMILES string of the molecule is CCC1(C(C)C)CN(C)C1F. The van der Waals surface area contributed by atoms with E-state index in [0.29, 0.717) is 5.92 Å². The Morgan fingerprint density at radius 1 is 1.64 bits per heavy atom. The van der Waals surface area contributed by atoms with Crippen LogP contribution in [0.1, 0.15) is 27.2 Å². The van der Waals surface area contributed by atoms with Gasteiger partial charge in [0.15, 0.2) is 6.30 Å². The summed E-state index contributed by atoms with van der Waals surface area (Å²) in [5.41, 5.74) is -0.0469. The van der Waals surface area contributed by atoms with Crippen LogP contribution in [-0.2, 0) is 0 Å². The lowest BCUT2D eigenvalue weighted by atomic mass is 9.68. The molecule has 0 N–H and O–H groups in total. The number of halogens is 1. The maximum absolute atomic E-state index is 13.4. The molecule has 1 aliphatic heterocycles. The van der Waals surface area contributed by atoms with Crippen LogP contribution in [0.15, 0.2) is 0 Å². The summed E-state index contributed by atoms with van der Waals surface area (Å²) in [4.78, 5) is 1.78. The molecule has 1 nitrogen and oxygen atoms in total. The summed E-state index contributed by atoms with van der Waals surface area (Å²) >= 11 is 0. The molecule has 1 rings (SSSR count). The van der Waals surface area contributed by atoms with Gasteiger partial charge in [-0.15, -0.1) is 0 Å². The Hall–Kier alpha value is -0.110. The first-order valence-electron chi connectivity index (χ1n) is 4.39. The molecule has 0 bridgehead atoms. The number of nitrogens with zero attached hydrogens (tertiary/aromatic N) is 1. The number of rotatable bonds is 2. The van der Waals surface area contributed by atoms with Gasteiger partial charge in [-0.05, 0) is 19.4 Å². The normalized spacial score (nSPS) is 39.3. The van der Waals surface area contributed by atoms with E-state index in [2.05, 4.69) is 20.8 Å². The van der Waals surface area contributed by atoms with E-state index in [1.807, 2.05) is 7.05 Å². The van der Waals surface area contributed by atoms with Crippen molar-refractivity contribution in [2.24, 2.45) is 11.3 Å². The van der Waals surface area contributed by atoms with Crippen LogP contribution < -0.4 is 0 Å². The summed E-state index contributed by atoms with van der Waals surface area (Å²) < 4.78 is 13.4. The van der Waals surface area contributed by atoms with Crippen LogP contribution >= 0.6 is 0 Å². The second-order valence-corrected chi connectivity index (χ2v) is 3.99. The highest BCUT2D eigenvalue weighted by Gasteiger charge is 2.52. The molecule has 1 heterocycles. The molecule has 0 aromatic rings. The summed E-state index contributed by atoms with van der Waals surface area (Å²) in [6.07, 6.45) is 0.239. The maximum atomic E-state index is 13.4. The summed E-state index contributed by atoms with van der Waals surface area (Å²) in [7, 11) is 1.85. The molecule has 0 aromatic carbocycles. The van der Waals surface area contributed by atoms with Crippen molar-refractivity contribution in [3.05, 3.63) is 0 Å². The summed E-state index contributed by atoms with van der Waals surface area (Å²) in [5.74, 6) is 0.457. The van der Waals surface area contributed by atoms with Crippen molar-refractivity contribution >= 4 is 0 Å². The van der Waals surface area contributed by atoms with Gasteiger partial charge >= 0.3 is 0 Å². The van der Waals surface area contributed by atoms with E-state index in [1.165, 1.54) is 0 Å². The highest BCUT2D eigenvalue weighted by Crippen LogP contribution is 2.46. The molecular weight excluding hydrogens is 141 g/mol. The molecule has 66 valence electrons. The van der Waals surface area contributed by atoms with Crippen molar-refractivity contribution in [1.29, 1.82) is 0 Å². The zero-order valence-corrected chi connectivity index (χ0v) is 7.89. The largest absolute Gasteiger partial charge is 0.276 e. The third-order valence-corrected chi connectivity index (χ3v) is 3.21. The Bertz CT molecular complexity index is 146. The topological polar surface area (TPSA) is 3.24 Å². The van der Waals surface area contributed by atoms with Crippen molar-refractivity contribution in [2.45, 2.75) is 33.5 Å². The van der Waals surface area contributed by atoms with Crippen LogP contribution in [-0.4, -0.2) is 24.8 Å². The lowest BCUT2D eigenvalue weighted by molar-refractivity contribution is -0.160. The minimum absolute atomic E-state index is 0.0469.